The second kappa shape index (κ2) is 6.58. The van der Waals surface area contributed by atoms with Crippen molar-refractivity contribution in [3.05, 3.63) is 77.6 Å². The summed E-state index contributed by atoms with van der Waals surface area (Å²) in [7, 11) is 2.04. The zero-order valence-electron chi connectivity index (χ0n) is 15.9. The second-order valence-corrected chi connectivity index (χ2v) is 7.45. The van der Waals surface area contributed by atoms with E-state index in [2.05, 4.69) is 9.88 Å². The van der Waals surface area contributed by atoms with Crippen molar-refractivity contribution in [2.45, 2.75) is 13.0 Å². The van der Waals surface area contributed by atoms with Gasteiger partial charge >= 0.3 is 0 Å². The molecule has 3 heterocycles. The van der Waals surface area contributed by atoms with Gasteiger partial charge in [-0.25, -0.2) is 8.78 Å². The molecule has 0 bridgehead atoms. The molecule has 0 spiro atoms. The molecule has 0 saturated carbocycles. The fourth-order valence-corrected chi connectivity index (χ4v) is 4.03. The van der Waals surface area contributed by atoms with Crippen molar-refractivity contribution < 1.29 is 13.9 Å². The van der Waals surface area contributed by atoms with Crippen LogP contribution in [0.3, 0.4) is 0 Å². The Morgan fingerprint density at radius 2 is 1.86 bits per heavy atom. The third-order valence-corrected chi connectivity index (χ3v) is 5.64. The fourth-order valence-electron chi connectivity index (χ4n) is 4.03. The van der Waals surface area contributed by atoms with Crippen LogP contribution in [0.1, 0.15) is 11.1 Å². The Morgan fingerprint density at radius 3 is 2.62 bits per heavy atom. The number of rotatable bonds is 3. The van der Waals surface area contributed by atoms with Gasteiger partial charge < -0.3 is 14.6 Å². The van der Waals surface area contributed by atoms with Gasteiger partial charge in [-0.2, -0.15) is 0 Å². The van der Waals surface area contributed by atoms with Crippen LogP contribution in [0.15, 0.2) is 54.9 Å². The molecule has 0 amide bonds. The highest BCUT2D eigenvalue weighted by Crippen LogP contribution is 2.33. The largest absolute Gasteiger partial charge is 0.494 e. The Bertz CT molecular complexity index is 1230. The number of nitrogens with zero attached hydrogens (tertiary/aromatic N) is 3. The number of pyridine rings is 1. The molecule has 1 aliphatic heterocycles. The van der Waals surface area contributed by atoms with Gasteiger partial charge in [0.2, 0.25) is 5.88 Å². The van der Waals surface area contributed by atoms with Gasteiger partial charge in [-0.15, -0.1) is 0 Å². The molecule has 1 N–H and O–H groups in total. The SMILES string of the molecule is CN1CCc2cc(-c3cc(F)c(Cn4cc5ncccc5c4O)c(F)c3)ccc21. The molecule has 2 aromatic carbocycles. The minimum absolute atomic E-state index is 0.0567. The lowest BCUT2D eigenvalue weighted by Crippen LogP contribution is -2.12. The summed E-state index contributed by atoms with van der Waals surface area (Å²) in [4.78, 5) is 6.34. The van der Waals surface area contributed by atoms with Gasteiger partial charge in [0.1, 0.15) is 11.6 Å². The molecule has 4 nitrogen and oxygen atoms in total. The normalized spacial score (nSPS) is 13.3. The summed E-state index contributed by atoms with van der Waals surface area (Å²) in [6.45, 7) is 0.832. The predicted molar refractivity (Wildman–Crippen MR) is 109 cm³/mol. The molecule has 0 unspecified atom stereocenters. The van der Waals surface area contributed by atoms with Gasteiger partial charge in [0, 0.05) is 37.2 Å². The van der Waals surface area contributed by atoms with Crippen LogP contribution < -0.4 is 4.90 Å². The first-order valence-corrected chi connectivity index (χ1v) is 9.46. The molecular weight excluding hydrogens is 372 g/mol. The maximum absolute atomic E-state index is 14.8. The Labute approximate surface area is 166 Å². The predicted octanol–water partition coefficient (Wildman–Crippen LogP) is 4.73. The monoisotopic (exact) mass is 391 g/mol. The summed E-state index contributed by atoms with van der Waals surface area (Å²) in [6.07, 6.45) is 4.13. The average molecular weight is 391 g/mol. The zero-order chi connectivity index (χ0) is 20.1. The first-order valence-electron chi connectivity index (χ1n) is 9.46. The highest BCUT2D eigenvalue weighted by molar-refractivity contribution is 5.84. The third kappa shape index (κ3) is 2.92. The summed E-state index contributed by atoms with van der Waals surface area (Å²) in [5.41, 5.74) is 4.13. The number of anilines is 1. The van der Waals surface area contributed by atoms with E-state index in [1.807, 2.05) is 25.2 Å². The number of likely N-dealkylation sites (N-methyl/N-ethyl adjacent to an activating group) is 1. The van der Waals surface area contributed by atoms with Gasteiger partial charge in [-0.3, -0.25) is 4.98 Å². The topological polar surface area (TPSA) is 41.3 Å². The minimum Gasteiger partial charge on any atom is -0.494 e. The number of hydrogen-bond donors (Lipinski definition) is 1. The molecule has 1 aliphatic rings. The Balaban J connectivity index is 1.51. The van der Waals surface area contributed by atoms with Crippen molar-refractivity contribution >= 4 is 16.6 Å². The third-order valence-electron chi connectivity index (χ3n) is 5.64. The van der Waals surface area contributed by atoms with E-state index >= 15 is 0 Å². The molecule has 6 heteroatoms. The molecule has 0 aliphatic carbocycles. The Hall–Kier alpha value is -3.41. The van der Waals surface area contributed by atoms with E-state index in [0.717, 1.165) is 24.2 Å². The van der Waals surface area contributed by atoms with Gasteiger partial charge in [0.15, 0.2) is 0 Å². The molecule has 29 heavy (non-hydrogen) atoms. The van der Waals surface area contributed by atoms with Crippen LogP contribution in [0.25, 0.3) is 22.0 Å². The standard InChI is InChI=1S/C23H19F2N3O/c1-27-8-6-15-9-14(4-5-22(15)27)16-10-19(24)18(20(25)11-16)12-28-13-21-17(23(28)29)3-2-7-26-21/h2-5,7,9-11,13,29H,6,8,12H2,1H3. The highest BCUT2D eigenvalue weighted by atomic mass is 19.1. The highest BCUT2D eigenvalue weighted by Gasteiger charge is 2.19. The van der Waals surface area contributed by atoms with Crippen molar-refractivity contribution in [1.82, 2.24) is 9.55 Å². The lowest BCUT2D eigenvalue weighted by molar-refractivity contribution is 0.425. The van der Waals surface area contributed by atoms with E-state index in [-0.39, 0.29) is 18.0 Å². The molecule has 5 rings (SSSR count). The lowest BCUT2D eigenvalue weighted by atomic mass is 9.99. The summed E-state index contributed by atoms with van der Waals surface area (Å²) in [5.74, 6) is -1.33. The van der Waals surface area contributed by atoms with Gasteiger partial charge in [-0.05, 0) is 59.5 Å². The molecule has 0 atom stereocenters. The number of fused-ring (bicyclic) bond motifs is 2. The van der Waals surface area contributed by atoms with Crippen LogP contribution in [0, 0.1) is 11.6 Å². The maximum atomic E-state index is 14.8. The van der Waals surface area contributed by atoms with E-state index in [1.165, 1.54) is 22.3 Å². The van der Waals surface area contributed by atoms with Crippen LogP contribution >= 0.6 is 0 Å². The summed E-state index contributed by atoms with van der Waals surface area (Å²) >= 11 is 0. The van der Waals surface area contributed by atoms with Crippen LogP contribution in [0.4, 0.5) is 14.5 Å². The summed E-state index contributed by atoms with van der Waals surface area (Å²) in [6, 6.07) is 12.0. The number of halogens is 2. The van der Waals surface area contributed by atoms with Crippen molar-refractivity contribution in [1.29, 1.82) is 0 Å². The van der Waals surface area contributed by atoms with E-state index in [1.54, 1.807) is 24.5 Å². The first kappa shape index (κ1) is 17.7. The van der Waals surface area contributed by atoms with E-state index < -0.39 is 11.6 Å². The maximum Gasteiger partial charge on any atom is 0.201 e. The minimum atomic E-state index is -0.636. The van der Waals surface area contributed by atoms with Gasteiger partial charge in [0.05, 0.1) is 17.4 Å². The molecule has 0 fully saturated rings. The van der Waals surface area contributed by atoms with Gasteiger partial charge in [0.25, 0.3) is 0 Å². The molecule has 2 aromatic heterocycles. The molecule has 146 valence electrons. The van der Waals surface area contributed by atoms with Crippen molar-refractivity contribution in [3.8, 4) is 17.0 Å². The van der Waals surface area contributed by atoms with Crippen molar-refractivity contribution in [3.63, 3.8) is 0 Å². The molecule has 0 radical (unpaired) electrons. The van der Waals surface area contributed by atoms with Crippen molar-refractivity contribution in [2.24, 2.45) is 0 Å². The van der Waals surface area contributed by atoms with Gasteiger partial charge in [-0.1, -0.05) is 6.07 Å². The number of aromatic hydroxyl groups is 1. The number of hydrogen-bond acceptors (Lipinski definition) is 3. The first-order chi connectivity index (χ1) is 14.0. The second-order valence-electron chi connectivity index (χ2n) is 7.45. The van der Waals surface area contributed by atoms with E-state index in [0.29, 0.717) is 16.5 Å². The molecule has 0 saturated heterocycles. The molecular formula is C23H19F2N3O. The number of benzene rings is 2. The fraction of sp³-hybridized carbons (Fsp3) is 0.174. The summed E-state index contributed by atoms with van der Waals surface area (Å²) in [5, 5.41) is 10.9. The quantitative estimate of drug-likeness (QED) is 0.549. The van der Waals surface area contributed by atoms with Crippen LogP contribution in [0.5, 0.6) is 5.88 Å². The Morgan fingerprint density at radius 1 is 1.07 bits per heavy atom. The molecule has 4 aromatic rings. The smallest absolute Gasteiger partial charge is 0.201 e. The Kier molecular flexibility index (Phi) is 4.01. The zero-order valence-corrected chi connectivity index (χ0v) is 15.9. The number of aromatic nitrogens is 2. The summed E-state index contributed by atoms with van der Waals surface area (Å²) < 4.78 is 31.1. The van der Waals surface area contributed by atoms with Crippen LogP contribution in [0.2, 0.25) is 0 Å². The lowest BCUT2D eigenvalue weighted by Gasteiger charge is -2.13. The van der Waals surface area contributed by atoms with Crippen LogP contribution in [-0.4, -0.2) is 28.3 Å². The van der Waals surface area contributed by atoms with Crippen LogP contribution in [-0.2, 0) is 13.0 Å². The van der Waals surface area contributed by atoms with E-state index in [4.69, 9.17) is 0 Å². The average Bonchev–Trinajstić information content (AvgIpc) is 3.24. The van der Waals surface area contributed by atoms with Crippen molar-refractivity contribution in [2.75, 3.05) is 18.5 Å². The van der Waals surface area contributed by atoms with E-state index in [9.17, 15) is 13.9 Å².